The average molecular weight is 433 g/mol. The SMILES string of the molecule is CC(C)(C)NCC(OC(CNC(C)(C)C)c1ccc(O)c(O)c1)c1ccc(O)c(O)c1. The summed E-state index contributed by atoms with van der Waals surface area (Å²) in [5, 5.41) is 46.3. The molecular weight excluding hydrogens is 396 g/mol. The highest BCUT2D eigenvalue weighted by atomic mass is 16.5. The van der Waals surface area contributed by atoms with Gasteiger partial charge in [-0.15, -0.1) is 0 Å². The molecule has 0 heterocycles. The summed E-state index contributed by atoms with van der Waals surface area (Å²) < 4.78 is 6.49. The lowest BCUT2D eigenvalue weighted by molar-refractivity contribution is -0.0192. The Kier molecular flexibility index (Phi) is 7.81. The maximum Gasteiger partial charge on any atom is 0.157 e. The van der Waals surface area contributed by atoms with Gasteiger partial charge in [0.25, 0.3) is 0 Å². The third kappa shape index (κ3) is 7.94. The molecule has 0 bridgehead atoms. The van der Waals surface area contributed by atoms with Crippen LogP contribution in [-0.2, 0) is 4.74 Å². The van der Waals surface area contributed by atoms with E-state index in [1.807, 2.05) is 0 Å². The number of ether oxygens (including phenoxy) is 1. The van der Waals surface area contributed by atoms with Crippen molar-refractivity contribution in [2.24, 2.45) is 0 Å². The van der Waals surface area contributed by atoms with E-state index in [0.717, 1.165) is 0 Å². The van der Waals surface area contributed by atoms with Crippen molar-refractivity contribution in [2.45, 2.75) is 64.8 Å². The van der Waals surface area contributed by atoms with Crippen molar-refractivity contribution in [3.8, 4) is 23.0 Å². The van der Waals surface area contributed by atoms with Crippen molar-refractivity contribution in [2.75, 3.05) is 13.1 Å². The van der Waals surface area contributed by atoms with Gasteiger partial charge >= 0.3 is 0 Å². The molecule has 2 atom stereocenters. The monoisotopic (exact) mass is 432 g/mol. The van der Waals surface area contributed by atoms with Crippen LogP contribution in [0.2, 0.25) is 0 Å². The largest absolute Gasteiger partial charge is 0.504 e. The molecule has 0 radical (unpaired) electrons. The summed E-state index contributed by atoms with van der Waals surface area (Å²) in [7, 11) is 0. The van der Waals surface area contributed by atoms with Gasteiger partial charge in [-0.25, -0.2) is 0 Å². The molecule has 0 aliphatic rings. The van der Waals surface area contributed by atoms with E-state index in [0.29, 0.717) is 24.2 Å². The molecule has 7 heteroatoms. The van der Waals surface area contributed by atoms with Crippen molar-refractivity contribution in [1.29, 1.82) is 0 Å². The summed E-state index contributed by atoms with van der Waals surface area (Å²) in [5.74, 6) is -0.816. The van der Waals surface area contributed by atoms with Crippen LogP contribution in [0.4, 0.5) is 0 Å². The van der Waals surface area contributed by atoms with Crippen molar-refractivity contribution >= 4 is 0 Å². The number of hydrogen-bond acceptors (Lipinski definition) is 7. The highest BCUT2D eigenvalue weighted by Crippen LogP contribution is 2.34. The smallest absolute Gasteiger partial charge is 0.157 e. The Morgan fingerprint density at radius 2 is 1.00 bits per heavy atom. The van der Waals surface area contributed by atoms with Crippen LogP contribution in [0.5, 0.6) is 23.0 Å². The highest BCUT2D eigenvalue weighted by molar-refractivity contribution is 5.42. The minimum Gasteiger partial charge on any atom is -0.504 e. The third-order valence-electron chi connectivity index (χ3n) is 4.71. The fourth-order valence-electron chi connectivity index (χ4n) is 2.97. The van der Waals surface area contributed by atoms with Crippen molar-refractivity contribution in [3.63, 3.8) is 0 Å². The van der Waals surface area contributed by atoms with Crippen LogP contribution in [-0.4, -0.2) is 44.6 Å². The lowest BCUT2D eigenvalue weighted by Gasteiger charge is -2.31. The zero-order chi connectivity index (χ0) is 23.4. The van der Waals surface area contributed by atoms with Crippen molar-refractivity contribution in [3.05, 3.63) is 47.5 Å². The van der Waals surface area contributed by atoms with Crippen molar-refractivity contribution in [1.82, 2.24) is 10.6 Å². The number of nitrogens with one attached hydrogen (secondary N) is 2. The molecule has 2 unspecified atom stereocenters. The molecule has 0 aliphatic carbocycles. The summed E-state index contributed by atoms with van der Waals surface area (Å²) in [6.07, 6.45) is -0.901. The lowest BCUT2D eigenvalue weighted by atomic mass is 10.0. The predicted molar refractivity (Wildman–Crippen MR) is 122 cm³/mol. The second-order valence-electron chi connectivity index (χ2n) is 9.87. The van der Waals surface area contributed by atoms with E-state index in [1.54, 1.807) is 12.1 Å². The number of hydrogen-bond donors (Lipinski definition) is 6. The number of aromatic hydroxyl groups is 4. The molecule has 7 nitrogen and oxygen atoms in total. The summed E-state index contributed by atoms with van der Waals surface area (Å²) in [6, 6.07) is 9.29. The summed E-state index contributed by atoms with van der Waals surface area (Å²) in [5.41, 5.74) is 1.10. The molecule has 0 amide bonds. The lowest BCUT2D eigenvalue weighted by Crippen LogP contribution is -2.41. The normalized spacial score (nSPS) is 14.4. The van der Waals surface area contributed by atoms with E-state index in [-0.39, 0.29) is 34.1 Å². The number of phenolic OH excluding ortho intramolecular Hbond substituents is 4. The molecule has 2 aromatic rings. The van der Waals surface area contributed by atoms with E-state index in [4.69, 9.17) is 4.74 Å². The first kappa shape index (κ1) is 24.8. The van der Waals surface area contributed by atoms with Crippen LogP contribution in [0, 0.1) is 0 Å². The molecule has 0 saturated heterocycles. The van der Waals surface area contributed by atoms with Gasteiger partial charge in [0.05, 0.1) is 12.2 Å². The number of rotatable bonds is 8. The molecule has 6 N–H and O–H groups in total. The Morgan fingerprint density at radius 1 is 0.645 bits per heavy atom. The van der Waals surface area contributed by atoms with E-state index in [9.17, 15) is 20.4 Å². The Hall–Kier alpha value is -2.48. The fraction of sp³-hybridized carbons (Fsp3) is 0.500. The Morgan fingerprint density at radius 3 is 1.29 bits per heavy atom. The molecule has 2 aromatic carbocycles. The first-order chi connectivity index (χ1) is 14.2. The minimum absolute atomic E-state index is 0.156. The van der Waals surface area contributed by atoms with Crippen LogP contribution in [0.1, 0.15) is 64.9 Å². The van der Waals surface area contributed by atoms with Gasteiger partial charge in [-0.3, -0.25) is 0 Å². The molecular formula is C24H36N2O5. The number of benzene rings is 2. The number of phenols is 4. The van der Waals surface area contributed by atoms with E-state index >= 15 is 0 Å². The van der Waals surface area contributed by atoms with Gasteiger partial charge in [-0.1, -0.05) is 12.1 Å². The van der Waals surface area contributed by atoms with E-state index in [1.165, 1.54) is 24.3 Å². The standard InChI is InChI=1S/C24H36N2O5/c1-23(2,3)25-13-21(15-7-9-17(27)19(29)11-15)31-22(14-26-24(4,5)6)16-8-10-18(28)20(30)12-16/h7-12,21-22,25-30H,13-14H2,1-6H3. The zero-order valence-electron chi connectivity index (χ0n) is 19.2. The van der Waals surface area contributed by atoms with Gasteiger partial charge in [0, 0.05) is 24.2 Å². The molecule has 0 aliphatic heterocycles. The van der Waals surface area contributed by atoms with Gasteiger partial charge < -0.3 is 35.8 Å². The van der Waals surface area contributed by atoms with Gasteiger partial charge in [-0.05, 0) is 76.9 Å². The third-order valence-corrected chi connectivity index (χ3v) is 4.71. The van der Waals surface area contributed by atoms with Gasteiger partial charge in [0.1, 0.15) is 0 Å². The quantitative estimate of drug-likeness (QED) is 0.348. The minimum atomic E-state index is -0.451. The Balaban J connectivity index is 2.38. The van der Waals surface area contributed by atoms with E-state index in [2.05, 4.69) is 52.2 Å². The first-order valence-corrected chi connectivity index (χ1v) is 10.4. The molecule has 31 heavy (non-hydrogen) atoms. The molecule has 0 aromatic heterocycles. The first-order valence-electron chi connectivity index (χ1n) is 10.4. The average Bonchev–Trinajstić information content (AvgIpc) is 2.64. The van der Waals surface area contributed by atoms with Crippen LogP contribution in [0.25, 0.3) is 0 Å². The van der Waals surface area contributed by atoms with Crippen molar-refractivity contribution < 1.29 is 25.2 Å². The van der Waals surface area contributed by atoms with Crippen LogP contribution < -0.4 is 10.6 Å². The zero-order valence-corrected chi connectivity index (χ0v) is 19.2. The molecule has 172 valence electrons. The fourth-order valence-corrected chi connectivity index (χ4v) is 2.97. The van der Waals surface area contributed by atoms with Gasteiger partial charge in [0.2, 0.25) is 0 Å². The summed E-state index contributed by atoms with van der Waals surface area (Å²) >= 11 is 0. The second kappa shape index (κ2) is 9.77. The summed E-state index contributed by atoms with van der Waals surface area (Å²) in [4.78, 5) is 0. The molecule has 0 spiro atoms. The Labute approximate surface area is 184 Å². The van der Waals surface area contributed by atoms with Crippen LogP contribution in [0.15, 0.2) is 36.4 Å². The molecule has 0 fully saturated rings. The van der Waals surface area contributed by atoms with Crippen LogP contribution >= 0.6 is 0 Å². The maximum absolute atomic E-state index is 10.0. The topological polar surface area (TPSA) is 114 Å². The van der Waals surface area contributed by atoms with Gasteiger partial charge in [-0.2, -0.15) is 0 Å². The van der Waals surface area contributed by atoms with E-state index < -0.39 is 12.2 Å². The Bertz CT molecular complexity index is 800. The summed E-state index contributed by atoms with van der Waals surface area (Å²) in [6.45, 7) is 13.2. The maximum atomic E-state index is 10.0. The second-order valence-corrected chi connectivity index (χ2v) is 9.87. The highest BCUT2D eigenvalue weighted by Gasteiger charge is 2.25. The molecule has 2 rings (SSSR count). The van der Waals surface area contributed by atoms with Gasteiger partial charge in [0.15, 0.2) is 23.0 Å². The molecule has 0 saturated carbocycles. The predicted octanol–water partition coefficient (Wildman–Crippen LogP) is 4.08. The van der Waals surface area contributed by atoms with Crippen LogP contribution in [0.3, 0.4) is 0 Å².